The van der Waals surface area contributed by atoms with E-state index < -0.39 is 17.7 Å². The zero-order valence-electron chi connectivity index (χ0n) is 7.28. The van der Waals surface area contributed by atoms with E-state index >= 15 is 0 Å². The molecule has 13 heavy (non-hydrogen) atoms. The highest BCUT2D eigenvalue weighted by atomic mass is 16.5. The summed E-state index contributed by atoms with van der Waals surface area (Å²) in [6, 6.07) is 0. The summed E-state index contributed by atoms with van der Waals surface area (Å²) in [5.74, 6) is -1.87. The number of ether oxygens (including phenoxy) is 1. The molecule has 3 atom stereocenters. The van der Waals surface area contributed by atoms with Crippen molar-refractivity contribution in [3.8, 4) is 0 Å². The first-order chi connectivity index (χ1) is 6.15. The van der Waals surface area contributed by atoms with Crippen molar-refractivity contribution < 1.29 is 19.1 Å². The minimum Gasteiger partial charge on any atom is -0.463 e. The summed E-state index contributed by atoms with van der Waals surface area (Å²) in [6.45, 7) is 0. The second-order valence-corrected chi connectivity index (χ2v) is 3.65. The first kappa shape index (κ1) is 8.41. The van der Waals surface area contributed by atoms with Crippen molar-refractivity contribution in [2.24, 2.45) is 17.8 Å². The molecule has 2 saturated carbocycles. The third kappa shape index (κ3) is 1.17. The number of methoxy groups -OCH3 is 1. The highest BCUT2D eigenvalue weighted by Crippen LogP contribution is 2.52. The zero-order valence-corrected chi connectivity index (χ0v) is 7.28. The molecule has 0 aromatic rings. The fourth-order valence-electron chi connectivity index (χ4n) is 2.01. The van der Waals surface area contributed by atoms with E-state index in [4.69, 9.17) is 0 Å². The molecule has 2 fully saturated rings. The Morgan fingerprint density at radius 3 is 2.54 bits per heavy atom. The maximum atomic E-state index is 11.4. The molecular formula is C9H10O4. The molecule has 0 aromatic carbocycles. The van der Waals surface area contributed by atoms with Gasteiger partial charge in [-0.2, -0.15) is 0 Å². The highest BCUT2D eigenvalue weighted by Gasteiger charge is 2.56. The van der Waals surface area contributed by atoms with Gasteiger partial charge in [0.15, 0.2) is 0 Å². The van der Waals surface area contributed by atoms with E-state index in [1.165, 1.54) is 0 Å². The Morgan fingerprint density at radius 1 is 1.38 bits per heavy atom. The summed E-state index contributed by atoms with van der Waals surface area (Å²) >= 11 is 0. The fraction of sp³-hybridized carbons (Fsp3) is 0.667. The van der Waals surface area contributed by atoms with E-state index in [-0.39, 0.29) is 11.7 Å². The minimum atomic E-state index is -0.889. The molecule has 0 bridgehead atoms. The quantitative estimate of drug-likeness (QED) is 0.341. The van der Waals surface area contributed by atoms with Gasteiger partial charge in [-0.15, -0.1) is 0 Å². The fourth-order valence-corrected chi connectivity index (χ4v) is 2.01. The van der Waals surface area contributed by atoms with Crippen LogP contribution in [0.5, 0.6) is 0 Å². The molecule has 0 spiro atoms. The number of hydrogen-bond acceptors (Lipinski definition) is 4. The van der Waals surface area contributed by atoms with Gasteiger partial charge in [-0.1, -0.05) is 0 Å². The molecule has 2 aliphatic rings. The van der Waals surface area contributed by atoms with Gasteiger partial charge >= 0.3 is 5.97 Å². The zero-order chi connectivity index (χ0) is 9.59. The predicted molar refractivity (Wildman–Crippen MR) is 41.7 cm³/mol. The molecule has 0 aliphatic heterocycles. The normalized spacial score (nSPS) is 35.5. The number of ketones is 2. The molecule has 2 rings (SSSR count). The van der Waals surface area contributed by atoms with Gasteiger partial charge in [0.1, 0.15) is 5.78 Å². The van der Waals surface area contributed by atoms with Crippen LogP contribution in [0.4, 0.5) is 0 Å². The Kier molecular flexibility index (Phi) is 1.71. The third-order valence-electron chi connectivity index (χ3n) is 2.87. The van der Waals surface area contributed by atoms with Gasteiger partial charge in [0.05, 0.1) is 13.0 Å². The number of carbonyl (C=O) groups excluding carboxylic acids is 3. The van der Waals surface area contributed by atoms with Crippen molar-refractivity contribution in [2.75, 3.05) is 7.11 Å². The lowest BCUT2D eigenvalue weighted by molar-refractivity contribution is -0.155. The Morgan fingerprint density at radius 2 is 2.08 bits per heavy atom. The largest absolute Gasteiger partial charge is 0.463 e. The number of Topliss-reactive ketones (excluding diaryl/α,β-unsaturated/α-hetero) is 2. The van der Waals surface area contributed by atoms with Crippen molar-refractivity contribution in [1.29, 1.82) is 0 Å². The summed E-state index contributed by atoms with van der Waals surface area (Å²) in [4.78, 5) is 33.5. The van der Waals surface area contributed by atoms with E-state index in [1.54, 1.807) is 0 Å². The van der Waals surface area contributed by atoms with E-state index in [2.05, 4.69) is 4.74 Å². The van der Waals surface area contributed by atoms with E-state index in [0.29, 0.717) is 12.3 Å². The molecule has 0 N–H and O–H groups in total. The van der Waals surface area contributed by atoms with Crippen LogP contribution in [0.15, 0.2) is 0 Å². The predicted octanol–water partition coefficient (Wildman–Crippen LogP) is -0.0464. The molecule has 0 heterocycles. The SMILES string of the molecule is COC(=O)C(=O)C1C[C@@H]2C[C@@H]2C1=O. The van der Waals surface area contributed by atoms with Crippen LogP contribution in [0, 0.1) is 17.8 Å². The molecule has 1 unspecified atom stereocenters. The van der Waals surface area contributed by atoms with Gasteiger partial charge in [0, 0.05) is 5.92 Å². The van der Waals surface area contributed by atoms with Crippen LogP contribution >= 0.6 is 0 Å². The van der Waals surface area contributed by atoms with Gasteiger partial charge in [0.2, 0.25) is 5.78 Å². The molecule has 2 aliphatic carbocycles. The molecule has 0 amide bonds. The Labute approximate surface area is 75.2 Å². The van der Waals surface area contributed by atoms with Crippen LogP contribution < -0.4 is 0 Å². The topological polar surface area (TPSA) is 60.4 Å². The molecule has 4 heteroatoms. The number of rotatable bonds is 2. The highest BCUT2D eigenvalue weighted by molar-refractivity contribution is 6.38. The lowest BCUT2D eigenvalue weighted by Gasteiger charge is -2.06. The van der Waals surface area contributed by atoms with Crippen molar-refractivity contribution in [3.63, 3.8) is 0 Å². The molecule has 70 valence electrons. The second kappa shape index (κ2) is 2.65. The van der Waals surface area contributed by atoms with Crippen molar-refractivity contribution in [1.82, 2.24) is 0 Å². The van der Waals surface area contributed by atoms with Gasteiger partial charge in [0.25, 0.3) is 0 Å². The summed E-state index contributed by atoms with van der Waals surface area (Å²) in [5, 5.41) is 0. The van der Waals surface area contributed by atoms with Gasteiger partial charge < -0.3 is 4.74 Å². The van der Waals surface area contributed by atoms with Crippen molar-refractivity contribution in [3.05, 3.63) is 0 Å². The van der Waals surface area contributed by atoms with Crippen molar-refractivity contribution >= 4 is 17.5 Å². The molecule has 0 saturated heterocycles. The average Bonchev–Trinajstić information content (AvgIpc) is 2.84. The summed E-state index contributed by atoms with van der Waals surface area (Å²) < 4.78 is 4.28. The first-order valence-electron chi connectivity index (χ1n) is 4.31. The van der Waals surface area contributed by atoms with Crippen LogP contribution in [0.1, 0.15) is 12.8 Å². The maximum Gasteiger partial charge on any atom is 0.375 e. The average molecular weight is 182 g/mol. The standard InChI is InChI=1S/C9H10O4/c1-13-9(12)8(11)6-3-4-2-5(4)7(6)10/h4-6H,2-3H2,1H3/t4-,5-,6?/m0/s1. The van der Waals surface area contributed by atoms with E-state index in [1.807, 2.05) is 0 Å². The van der Waals surface area contributed by atoms with Gasteiger partial charge in [-0.25, -0.2) is 4.79 Å². The lowest BCUT2D eigenvalue weighted by atomic mass is 9.97. The molecule has 0 aromatic heterocycles. The Hall–Kier alpha value is -1.19. The number of hydrogen-bond donors (Lipinski definition) is 0. The molecular weight excluding hydrogens is 172 g/mol. The maximum absolute atomic E-state index is 11.4. The van der Waals surface area contributed by atoms with Crippen LogP contribution in [0.3, 0.4) is 0 Å². The number of carbonyl (C=O) groups is 3. The van der Waals surface area contributed by atoms with Crippen LogP contribution in [0.25, 0.3) is 0 Å². The summed E-state index contributed by atoms with van der Waals surface area (Å²) in [5.41, 5.74) is 0. The van der Waals surface area contributed by atoms with E-state index in [9.17, 15) is 14.4 Å². The third-order valence-corrected chi connectivity index (χ3v) is 2.87. The minimum absolute atomic E-state index is 0.0552. The van der Waals surface area contributed by atoms with Gasteiger partial charge in [-0.05, 0) is 18.8 Å². The number of esters is 1. The number of fused-ring (bicyclic) bond motifs is 1. The first-order valence-corrected chi connectivity index (χ1v) is 4.31. The summed E-state index contributed by atoms with van der Waals surface area (Å²) in [7, 11) is 1.15. The molecule has 4 nitrogen and oxygen atoms in total. The lowest BCUT2D eigenvalue weighted by Crippen LogP contribution is -2.29. The second-order valence-electron chi connectivity index (χ2n) is 3.65. The monoisotopic (exact) mass is 182 g/mol. The van der Waals surface area contributed by atoms with Crippen LogP contribution in [0.2, 0.25) is 0 Å². The van der Waals surface area contributed by atoms with Crippen LogP contribution in [-0.4, -0.2) is 24.6 Å². The summed E-state index contributed by atoms with van der Waals surface area (Å²) in [6.07, 6.45) is 1.46. The van der Waals surface area contributed by atoms with Gasteiger partial charge in [-0.3, -0.25) is 9.59 Å². The smallest absolute Gasteiger partial charge is 0.375 e. The Balaban J connectivity index is 2.06. The molecule has 0 radical (unpaired) electrons. The van der Waals surface area contributed by atoms with Crippen LogP contribution in [-0.2, 0) is 19.1 Å². The van der Waals surface area contributed by atoms with E-state index in [0.717, 1.165) is 13.5 Å². The Bertz CT molecular complexity index is 294. The van der Waals surface area contributed by atoms with Crippen molar-refractivity contribution in [2.45, 2.75) is 12.8 Å².